The van der Waals surface area contributed by atoms with Crippen molar-refractivity contribution in [3.8, 4) is 0 Å². The molecule has 0 radical (unpaired) electrons. The van der Waals surface area contributed by atoms with Crippen LogP contribution in [0.3, 0.4) is 0 Å². The number of alkyl halides is 3. The molecule has 1 rings (SSSR count). The van der Waals surface area contributed by atoms with Crippen LogP contribution in [0.2, 0.25) is 0 Å². The summed E-state index contributed by atoms with van der Waals surface area (Å²) in [4.78, 5) is 17.8. The van der Waals surface area contributed by atoms with E-state index in [2.05, 4.69) is 10.3 Å². The minimum absolute atomic E-state index is 0.00878. The Kier molecular flexibility index (Phi) is 6.45. The summed E-state index contributed by atoms with van der Waals surface area (Å²) in [6.45, 7) is 5.12. The molecule has 7 heteroatoms. The second kappa shape index (κ2) is 7.85. The average Bonchev–Trinajstić information content (AvgIpc) is 2.44. The van der Waals surface area contributed by atoms with E-state index in [-0.39, 0.29) is 18.9 Å². The van der Waals surface area contributed by atoms with Gasteiger partial charge in [0.05, 0.1) is 0 Å². The standard InChI is InChI=1S/C14H20F3N3O/c1-3-20(4-2)13(21)12-10-11(6-9-19-12)18-8-5-7-14(15,16)17/h6,9-10H,3-5,7-8H2,1-2H3,(H,18,19). The van der Waals surface area contributed by atoms with E-state index >= 15 is 0 Å². The SMILES string of the molecule is CCN(CC)C(=O)c1cc(NCCCC(F)(F)F)ccn1. The zero-order valence-corrected chi connectivity index (χ0v) is 12.2. The minimum atomic E-state index is -4.14. The molecule has 1 heterocycles. The van der Waals surface area contributed by atoms with Crippen LogP contribution in [0.4, 0.5) is 18.9 Å². The zero-order chi connectivity index (χ0) is 15.9. The molecule has 0 fully saturated rings. The fourth-order valence-electron chi connectivity index (χ4n) is 1.85. The molecule has 1 aromatic rings. The molecular formula is C14H20F3N3O. The van der Waals surface area contributed by atoms with Crippen molar-refractivity contribution in [1.82, 2.24) is 9.88 Å². The number of rotatable bonds is 7. The van der Waals surface area contributed by atoms with Gasteiger partial charge in [-0.3, -0.25) is 9.78 Å². The molecule has 118 valence electrons. The van der Waals surface area contributed by atoms with Crippen molar-refractivity contribution in [2.75, 3.05) is 25.0 Å². The number of carbonyl (C=O) groups excluding carboxylic acids is 1. The van der Waals surface area contributed by atoms with Crippen molar-refractivity contribution < 1.29 is 18.0 Å². The predicted octanol–water partition coefficient (Wildman–Crippen LogP) is 3.32. The van der Waals surface area contributed by atoms with Crippen LogP contribution in [0.1, 0.15) is 37.2 Å². The molecule has 0 aliphatic rings. The monoisotopic (exact) mass is 303 g/mol. The lowest BCUT2D eigenvalue weighted by Crippen LogP contribution is -2.31. The van der Waals surface area contributed by atoms with Crippen LogP contribution in [0.15, 0.2) is 18.3 Å². The summed E-state index contributed by atoms with van der Waals surface area (Å²) < 4.78 is 36.1. The van der Waals surface area contributed by atoms with Crippen molar-refractivity contribution >= 4 is 11.6 Å². The first kappa shape index (κ1) is 17.3. The Labute approximate surface area is 122 Å². The molecule has 0 bridgehead atoms. The van der Waals surface area contributed by atoms with Crippen LogP contribution >= 0.6 is 0 Å². The van der Waals surface area contributed by atoms with E-state index in [9.17, 15) is 18.0 Å². The number of hydrogen-bond donors (Lipinski definition) is 1. The van der Waals surface area contributed by atoms with Crippen LogP contribution in [0, 0.1) is 0 Å². The van der Waals surface area contributed by atoms with Gasteiger partial charge in [-0.2, -0.15) is 13.2 Å². The maximum atomic E-state index is 12.1. The van der Waals surface area contributed by atoms with Crippen molar-refractivity contribution in [3.05, 3.63) is 24.0 Å². The van der Waals surface area contributed by atoms with Gasteiger partial charge in [0.15, 0.2) is 0 Å². The summed E-state index contributed by atoms with van der Waals surface area (Å²) in [7, 11) is 0. The van der Waals surface area contributed by atoms with Gasteiger partial charge in [-0.25, -0.2) is 0 Å². The van der Waals surface area contributed by atoms with Gasteiger partial charge in [-0.1, -0.05) is 0 Å². The first-order chi connectivity index (χ1) is 9.87. The van der Waals surface area contributed by atoms with Gasteiger partial charge in [0.1, 0.15) is 5.69 Å². The first-order valence-corrected chi connectivity index (χ1v) is 6.93. The molecule has 0 aromatic carbocycles. The molecule has 0 spiro atoms. The number of halogens is 3. The molecule has 0 aliphatic heterocycles. The number of hydrogen-bond acceptors (Lipinski definition) is 3. The lowest BCUT2D eigenvalue weighted by molar-refractivity contribution is -0.134. The molecular weight excluding hydrogens is 283 g/mol. The van der Waals surface area contributed by atoms with Crippen LogP contribution in [-0.4, -0.2) is 41.6 Å². The third-order valence-electron chi connectivity index (χ3n) is 3.00. The van der Waals surface area contributed by atoms with E-state index < -0.39 is 12.6 Å². The number of nitrogens with one attached hydrogen (secondary N) is 1. The molecule has 1 N–H and O–H groups in total. The predicted molar refractivity (Wildman–Crippen MR) is 75.3 cm³/mol. The van der Waals surface area contributed by atoms with E-state index in [4.69, 9.17) is 0 Å². The summed E-state index contributed by atoms with van der Waals surface area (Å²) in [6, 6.07) is 3.20. The van der Waals surface area contributed by atoms with Gasteiger partial charge >= 0.3 is 6.18 Å². The van der Waals surface area contributed by atoms with Gasteiger partial charge in [0, 0.05) is 37.9 Å². The smallest absolute Gasteiger partial charge is 0.385 e. The number of anilines is 1. The van der Waals surface area contributed by atoms with Crippen LogP contribution in [0.25, 0.3) is 0 Å². The third-order valence-corrected chi connectivity index (χ3v) is 3.00. The fraction of sp³-hybridized carbons (Fsp3) is 0.571. The highest BCUT2D eigenvalue weighted by atomic mass is 19.4. The number of aromatic nitrogens is 1. The minimum Gasteiger partial charge on any atom is -0.385 e. The van der Waals surface area contributed by atoms with Gasteiger partial charge in [0.25, 0.3) is 5.91 Å². The number of carbonyl (C=O) groups is 1. The second-order valence-electron chi connectivity index (χ2n) is 4.55. The number of amides is 1. The fourth-order valence-corrected chi connectivity index (χ4v) is 1.85. The zero-order valence-electron chi connectivity index (χ0n) is 12.2. The maximum absolute atomic E-state index is 12.1. The van der Waals surface area contributed by atoms with Gasteiger partial charge in [-0.15, -0.1) is 0 Å². The highest BCUT2D eigenvalue weighted by Gasteiger charge is 2.25. The Balaban J connectivity index is 2.58. The van der Waals surface area contributed by atoms with Crippen molar-refractivity contribution in [3.63, 3.8) is 0 Å². The topological polar surface area (TPSA) is 45.2 Å². The van der Waals surface area contributed by atoms with E-state index in [1.165, 1.54) is 6.20 Å². The summed E-state index contributed by atoms with van der Waals surface area (Å²) in [5.41, 5.74) is 0.891. The Morgan fingerprint density at radius 2 is 2.00 bits per heavy atom. The van der Waals surface area contributed by atoms with Gasteiger partial charge < -0.3 is 10.2 Å². The number of pyridine rings is 1. The lowest BCUT2D eigenvalue weighted by Gasteiger charge is -2.18. The second-order valence-corrected chi connectivity index (χ2v) is 4.55. The Morgan fingerprint density at radius 1 is 1.33 bits per heavy atom. The summed E-state index contributed by atoms with van der Waals surface area (Å²) >= 11 is 0. The molecule has 0 unspecified atom stereocenters. The van der Waals surface area contributed by atoms with Crippen LogP contribution in [-0.2, 0) is 0 Å². The molecule has 21 heavy (non-hydrogen) atoms. The Bertz CT molecular complexity index is 459. The van der Waals surface area contributed by atoms with Crippen LogP contribution in [0.5, 0.6) is 0 Å². The molecule has 1 aromatic heterocycles. The Morgan fingerprint density at radius 3 is 2.57 bits per heavy atom. The molecule has 0 aliphatic carbocycles. The summed E-state index contributed by atoms with van der Waals surface area (Å²) in [5.74, 6) is -0.182. The first-order valence-electron chi connectivity index (χ1n) is 6.93. The largest absolute Gasteiger partial charge is 0.389 e. The molecule has 0 saturated heterocycles. The highest BCUT2D eigenvalue weighted by molar-refractivity contribution is 5.93. The molecule has 0 saturated carbocycles. The van der Waals surface area contributed by atoms with Gasteiger partial charge in [0.2, 0.25) is 0 Å². The van der Waals surface area contributed by atoms with Gasteiger partial charge in [-0.05, 0) is 32.4 Å². The average molecular weight is 303 g/mol. The summed E-state index contributed by atoms with van der Waals surface area (Å²) in [5, 5.41) is 2.88. The molecule has 0 atom stereocenters. The van der Waals surface area contributed by atoms with Crippen molar-refractivity contribution in [2.24, 2.45) is 0 Å². The number of nitrogens with zero attached hydrogens (tertiary/aromatic N) is 2. The molecule has 4 nitrogen and oxygen atoms in total. The molecule has 1 amide bonds. The van der Waals surface area contributed by atoms with E-state index in [1.807, 2.05) is 13.8 Å². The van der Waals surface area contributed by atoms with Crippen LogP contribution < -0.4 is 5.32 Å². The van der Waals surface area contributed by atoms with E-state index in [1.54, 1.807) is 17.0 Å². The highest BCUT2D eigenvalue weighted by Crippen LogP contribution is 2.21. The lowest BCUT2D eigenvalue weighted by atomic mass is 10.2. The normalized spacial score (nSPS) is 11.3. The Hall–Kier alpha value is -1.79. The summed E-state index contributed by atoms with van der Waals surface area (Å²) in [6.07, 6.45) is -3.49. The van der Waals surface area contributed by atoms with Crippen molar-refractivity contribution in [1.29, 1.82) is 0 Å². The maximum Gasteiger partial charge on any atom is 0.389 e. The third kappa shape index (κ3) is 6.01. The van der Waals surface area contributed by atoms with E-state index in [0.29, 0.717) is 24.5 Å². The van der Waals surface area contributed by atoms with Crippen molar-refractivity contribution in [2.45, 2.75) is 32.9 Å². The quantitative estimate of drug-likeness (QED) is 0.786. The van der Waals surface area contributed by atoms with E-state index in [0.717, 1.165) is 0 Å².